The molecule has 1 atom stereocenters. The quantitative estimate of drug-likeness (QED) is 0.872. The van der Waals surface area contributed by atoms with E-state index in [0.717, 1.165) is 30.9 Å². The standard InChI is InChI=1S/C18H22FN3O2S/c1-2-20-18-22(14-5-3-4-6-14)17(24)15(25-18)11-16(23)21-13-9-7-12(19)8-10-13/h7-10,14-15H,2-6,11H2,1H3,(H,21,23). The molecule has 2 aliphatic rings. The Morgan fingerprint density at radius 2 is 2.00 bits per heavy atom. The third-order valence-corrected chi connectivity index (χ3v) is 5.64. The van der Waals surface area contributed by atoms with Crippen LogP contribution in [0.25, 0.3) is 0 Å². The lowest BCUT2D eigenvalue weighted by Crippen LogP contribution is -2.40. The number of hydrogen-bond donors (Lipinski definition) is 1. The number of halogens is 1. The second-order valence-electron chi connectivity index (χ2n) is 6.27. The van der Waals surface area contributed by atoms with Gasteiger partial charge in [0, 0.05) is 24.7 Å². The SMILES string of the molecule is CCN=C1SC(CC(=O)Nc2ccc(F)cc2)C(=O)N1C1CCCC1. The van der Waals surface area contributed by atoms with Gasteiger partial charge in [-0.3, -0.25) is 19.5 Å². The molecule has 1 aromatic rings. The lowest BCUT2D eigenvalue weighted by molar-refractivity contribution is -0.129. The molecule has 1 heterocycles. The molecule has 25 heavy (non-hydrogen) atoms. The molecule has 1 aromatic carbocycles. The van der Waals surface area contributed by atoms with Gasteiger partial charge in [-0.1, -0.05) is 24.6 Å². The van der Waals surface area contributed by atoms with Crippen molar-refractivity contribution in [3.63, 3.8) is 0 Å². The van der Waals surface area contributed by atoms with E-state index < -0.39 is 5.25 Å². The second-order valence-corrected chi connectivity index (χ2v) is 7.44. The summed E-state index contributed by atoms with van der Waals surface area (Å²) in [5.41, 5.74) is 0.525. The van der Waals surface area contributed by atoms with E-state index in [1.165, 1.54) is 36.0 Å². The number of anilines is 1. The predicted molar refractivity (Wildman–Crippen MR) is 98.1 cm³/mol. The molecule has 2 fully saturated rings. The van der Waals surface area contributed by atoms with Gasteiger partial charge < -0.3 is 5.32 Å². The van der Waals surface area contributed by atoms with Crippen LogP contribution in [0, 0.1) is 5.82 Å². The van der Waals surface area contributed by atoms with Crippen LogP contribution < -0.4 is 5.32 Å². The van der Waals surface area contributed by atoms with Gasteiger partial charge in [-0.25, -0.2) is 4.39 Å². The molecular formula is C18H22FN3O2S. The summed E-state index contributed by atoms with van der Waals surface area (Å²) >= 11 is 1.39. The minimum atomic E-state index is -0.439. The summed E-state index contributed by atoms with van der Waals surface area (Å²) in [6, 6.07) is 5.81. The highest BCUT2D eigenvalue weighted by Crippen LogP contribution is 2.36. The van der Waals surface area contributed by atoms with Crippen molar-refractivity contribution in [3.05, 3.63) is 30.1 Å². The van der Waals surface area contributed by atoms with Crippen LogP contribution in [0.5, 0.6) is 0 Å². The van der Waals surface area contributed by atoms with Gasteiger partial charge in [-0.05, 0) is 44.0 Å². The number of rotatable bonds is 5. The minimum absolute atomic E-state index is 0.0154. The van der Waals surface area contributed by atoms with Crippen molar-refractivity contribution in [1.82, 2.24) is 4.90 Å². The van der Waals surface area contributed by atoms with Crippen LogP contribution >= 0.6 is 11.8 Å². The number of carbonyl (C=O) groups is 2. The zero-order chi connectivity index (χ0) is 17.8. The number of carbonyl (C=O) groups excluding carboxylic acids is 2. The summed E-state index contributed by atoms with van der Waals surface area (Å²) < 4.78 is 12.9. The van der Waals surface area contributed by atoms with Gasteiger partial charge in [0.05, 0.1) is 0 Å². The molecule has 0 aromatic heterocycles. The summed E-state index contributed by atoms with van der Waals surface area (Å²) in [5.74, 6) is -0.618. The monoisotopic (exact) mass is 363 g/mol. The summed E-state index contributed by atoms with van der Waals surface area (Å²) in [6.07, 6.45) is 4.36. The predicted octanol–water partition coefficient (Wildman–Crippen LogP) is 3.42. The van der Waals surface area contributed by atoms with E-state index in [2.05, 4.69) is 10.3 Å². The Labute approximate surface area is 151 Å². The first-order chi connectivity index (χ1) is 12.1. The molecule has 1 unspecified atom stereocenters. The highest BCUT2D eigenvalue weighted by atomic mass is 32.2. The van der Waals surface area contributed by atoms with E-state index in [1.54, 1.807) is 0 Å². The van der Waals surface area contributed by atoms with E-state index in [4.69, 9.17) is 0 Å². The maximum absolute atomic E-state index is 12.9. The van der Waals surface area contributed by atoms with Gasteiger partial charge in [-0.2, -0.15) is 0 Å². The number of hydrogen-bond acceptors (Lipinski definition) is 4. The number of nitrogens with zero attached hydrogens (tertiary/aromatic N) is 2. The lowest BCUT2D eigenvalue weighted by Gasteiger charge is -2.23. The summed E-state index contributed by atoms with van der Waals surface area (Å²) in [7, 11) is 0. The first kappa shape index (κ1) is 17.9. The van der Waals surface area contributed by atoms with E-state index in [9.17, 15) is 14.0 Å². The van der Waals surface area contributed by atoms with Gasteiger partial charge in [0.1, 0.15) is 11.1 Å². The van der Waals surface area contributed by atoms with Crippen LogP contribution in [-0.2, 0) is 9.59 Å². The normalized spacial score (nSPS) is 22.8. The molecule has 5 nitrogen and oxygen atoms in total. The molecule has 1 saturated carbocycles. The van der Waals surface area contributed by atoms with Crippen molar-refractivity contribution in [2.24, 2.45) is 4.99 Å². The van der Waals surface area contributed by atoms with Crippen molar-refractivity contribution in [2.45, 2.75) is 50.3 Å². The van der Waals surface area contributed by atoms with E-state index in [-0.39, 0.29) is 30.1 Å². The highest BCUT2D eigenvalue weighted by Gasteiger charge is 2.43. The first-order valence-corrected chi connectivity index (χ1v) is 9.56. The van der Waals surface area contributed by atoms with Gasteiger partial charge in [0.25, 0.3) is 0 Å². The molecule has 1 N–H and O–H groups in total. The molecule has 0 bridgehead atoms. The number of thioether (sulfide) groups is 1. The number of amides is 2. The van der Waals surface area contributed by atoms with Crippen molar-refractivity contribution >= 4 is 34.4 Å². The maximum atomic E-state index is 12.9. The average molecular weight is 363 g/mol. The van der Waals surface area contributed by atoms with E-state index in [1.807, 2.05) is 11.8 Å². The third kappa shape index (κ3) is 4.21. The zero-order valence-electron chi connectivity index (χ0n) is 14.2. The Morgan fingerprint density at radius 3 is 2.64 bits per heavy atom. The van der Waals surface area contributed by atoms with Crippen molar-refractivity contribution < 1.29 is 14.0 Å². The lowest BCUT2D eigenvalue weighted by atomic mass is 10.2. The van der Waals surface area contributed by atoms with Gasteiger partial charge in [0.2, 0.25) is 11.8 Å². The maximum Gasteiger partial charge on any atom is 0.242 e. The van der Waals surface area contributed by atoms with Crippen LogP contribution in [0.4, 0.5) is 10.1 Å². The molecule has 0 spiro atoms. The highest BCUT2D eigenvalue weighted by molar-refractivity contribution is 8.15. The fourth-order valence-electron chi connectivity index (χ4n) is 3.27. The molecule has 3 rings (SSSR count). The molecule has 7 heteroatoms. The fourth-order valence-corrected chi connectivity index (χ4v) is 4.53. The average Bonchev–Trinajstić information content (AvgIpc) is 3.19. The van der Waals surface area contributed by atoms with Crippen LogP contribution in [0.3, 0.4) is 0 Å². The summed E-state index contributed by atoms with van der Waals surface area (Å²) in [6.45, 7) is 2.56. The second kappa shape index (κ2) is 7.99. The first-order valence-electron chi connectivity index (χ1n) is 8.68. The van der Waals surface area contributed by atoms with Gasteiger partial charge in [0.15, 0.2) is 5.17 Å². The topological polar surface area (TPSA) is 61.8 Å². The number of aliphatic imine (C=N–C) groups is 1. The van der Waals surface area contributed by atoms with Crippen LogP contribution in [0.15, 0.2) is 29.3 Å². The number of nitrogens with one attached hydrogen (secondary N) is 1. The Kier molecular flexibility index (Phi) is 5.73. The van der Waals surface area contributed by atoms with E-state index >= 15 is 0 Å². The molecule has 134 valence electrons. The fraction of sp³-hybridized carbons (Fsp3) is 0.500. The zero-order valence-corrected chi connectivity index (χ0v) is 15.0. The molecule has 1 saturated heterocycles. The number of benzene rings is 1. The Hall–Kier alpha value is -1.89. The third-order valence-electron chi connectivity index (χ3n) is 4.45. The molecule has 1 aliphatic carbocycles. The Morgan fingerprint density at radius 1 is 1.32 bits per heavy atom. The molecule has 0 radical (unpaired) electrons. The summed E-state index contributed by atoms with van der Waals surface area (Å²) in [5, 5.41) is 3.03. The smallest absolute Gasteiger partial charge is 0.242 e. The van der Waals surface area contributed by atoms with Gasteiger partial charge >= 0.3 is 0 Å². The molecule has 2 amide bonds. The largest absolute Gasteiger partial charge is 0.326 e. The van der Waals surface area contributed by atoms with Crippen LogP contribution in [-0.4, -0.2) is 39.7 Å². The Balaban J connectivity index is 1.65. The van der Waals surface area contributed by atoms with Crippen molar-refractivity contribution in [3.8, 4) is 0 Å². The minimum Gasteiger partial charge on any atom is -0.326 e. The van der Waals surface area contributed by atoms with Gasteiger partial charge in [-0.15, -0.1) is 0 Å². The van der Waals surface area contributed by atoms with E-state index in [0.29, 0.717) is 12.2 Å². The van der Waals surface area contributed by atoms with Crippen molar-refractivity contribution in [1.29, 1.82) is 0 Å². The molecular weight excluding hydrogens is 341 g/mol. The van der Waals surface area contributed by atoms with Crippen LogP contribution in [0.1, 0.15) is 39.0 Å². The molecule has 1 aliphatic heterocycles. The van der Waals surface area contributed by atoms with Crippen LogP contribution in [0.2, 0.25) is 0 Å². The Bertz CT molecular complexity index is 671. The summed E-state index contributed by atoms with van der Waals surface area (Å²) in [4.78, 5) is 31.3. The number of amidine groups is 1. The van der Waals surface area contributed by atoms with Crippen molar-refractivity contribution in [2.75, 3.05) is 11.9 Å².